The first-order valence-electron chi connectivity index (χ1n) is 15.2. The molecular formula is C28H49N7O10. The number of likely N-dealkylation sites (tertiary alicyclic amines) is 1. The van der Waals surface area contributed by atoms with Crippen molar-refractivity contribution in [3.05, 3.63) is 0 Å². The van der Waals surface area contributed by atoms with Crippen molar-refractivity contribution in [3.8, 4) is 0 Å². The smallest absolute Gasteiger partial charge is 0.328 e. The molecule has 0 spiro atoms. The normalized spacial score (nSPS) is 19.2. The number of rotatable bonds is 19. The van der Waals surface area contributed by atoms with E-state index >= 15 is 0 Å². The van der Waals surface area contributed by atoms with E-state index in [4.69, 9.17) is 11.5 Å². The highest BCUT2D eigenvalue weighted by atomic mass is 16.4. The molecular weight excluding hydrogens is 594 g/mol. The van der Waals surface area contributed by atoms with E-state index in [0.29, 0.717) is 32.2 Å². The average Bonchev–Trinajstić information content (AvgIpc) is 3.46. The molecule has 1 fully saturated rings. The summed E-state index contributed by atoms with van der Waals surface area (Å²) in [5.41, 5.74) is 11.3. The number of nitrogens with two attached hydrogens (primary N) is 2. The summed E-state index contributed by atoms with van der Waals surface area (Å²) in [6.07, 6.45) is -0.114. The van der Waals surface area contributed by atoms with Crippen LogP contribution in [0.4, 0.5) is 0 Å². The van der Waals surface area contributed by atoms with Crippen LogP contribution < -0.4 is 32.7 Å². The highest BCUT2D eigenvalue weighted by Crippen LogP contribution is 2.21. The van der Waals surface area contributed by atoms with Crippen molar-refractivity contribution >= 4 is 41.5 Å². The van der Waals surface area contributed by atoms with Crippen molar-refractivity contribution in [1.82, 2.24) is 26.2 Å². The summed E-state index contributed by atoms with van der Waals surface area (Å²) in [6, 6.07) is -7.53. The minimum atomic E-state index is -1.76. The molecule has 1 saturated heterocycles. The molecule has 17 nitrogen and oxygen atoms in total. The van der Waals surface area contributed by atoms with Crippen LogP contribution in [0.15, 0.2) is 0 Å². The highest BCUT2D eigenvalue weighted by molar-refractivity contribution is 5.97. The average molecular weight is 644 g/mol. The Kier molecular flexibility index (Phi) is 16.4. The van der Waals surface area contributed by atoms with Crippen molar-refractivity contribution in [1.29, 1.82) is 0 Å². The van der Waals surface area contributed by atoms with Gasteiger partial charge in [-0.15, -0.1) is 0 Å². The number of carbonyl (C=O) groups excluding carboxylic acids is 5. The number of carbonyl (C=O) groups is 7. The molecule has 0 aliphatic carbocycles. The molecule has 0 aromatic heterocycles. The minimum absolute atomic E-state index is 0.134. The van der Waals surface area contributed by atoms with Crippen LogP contribution >= 0.6 is 0 Å². The Morgan fingerprint density at radius 2 is 1.49 bits per heavy atom. The first-order valence-corrected chi connectivity index (χ1v) is 15.2. The fourth-order valence-corrected chi connectivity index (χ4v) is 4.80. The highest BCUT2D eigenvalue weighted by Gasteiger charge is 2.40. The van der Waals surface area contributed by atoms with Gasteiger partial charge in [0, 0.05) is 6.54 Å². The third-order valence-corrected chi connectivity index (χ3v) is 7.66. The van der Waals surface area contributed by atoms with Gasteiger partial charge in [0.25, 0.3) is 0 Å². The maximum Gasteiger partial charge on any atom is 0.328 e. The number of nitrogens with zero attached hydrogens (tertiary/aromatic N) is 1. The molecule has 1 aliphatic heterocycles. The van der Waals surface area contributed by atoms with Gasteiger partial charge in [0.2, 0.25) is 29.5 Å². The van der Waals surface area contributed by atoms with Gasteiger partial charge >= 0.3 is 11.9 Å². The van der Waals surface area contributed by atoms with E-state index < -0.39 is 90.3 Å². The minimum Gasteiger partial charge on any atom is -0.481 e. The standard InChI is InChI=1S/C28H49N7O10/c1-5-14(2)21(33-23(39)15(3)30)26(42)31-17(9-6-7-11-29)27(43)35-12-8-10-19(35)25(41)32-18(13-20(37)38)24(40)34-22(16(4)36)28(44)45/h14-19,21-22,36H,5-13,29-30H2,1-4H3,(H,31,42)(H,32,41)(H,33,39)(H,34,40)(H,37,38)(H,44,45)/t14-,15-,16+,17-,18-,19-,21-,22-/m0/s1. The van der Waals surface area contributed by atoms with Crippen LogP contribution in [0.3, 0.4) is 0 Å². The fraction of sp³-hybridized carbons (Fsp3) is 0.750. The van der Waals surface area contributed by atoms with E-state index in [0.717, 1.165) is 6.92 Å². The van der Waals surface area contributed by atoms with E-state index in [1.807, 2.05) is 12.2 Å². The maximum atomic E-state index is 13.8. The second-order valence-electron chi connectivity index (χ2n) is 11.4. The molecule has 0 bridgehead atoms. The Hall–Kier alpha value is -3.83. The van der Waals surface area contributed by atoms with Crippen molar-refractivity contribution in [3.63, 3.8) is 0 Å². The van der Waals surface area contributed by atoms with Gasteiger partial charge in [0.1, 0.15) is 24.2 Å². The molecule has 0 radical (unpaired) electrons. The zero-order chi connectivity index (χ0) is 34.4. The zero-order valence-electron chi connectivity index (χ0n) is 26.3. The van der Waals surface area contributed by atoms with Gasteiger partial charge in [0.15, 0.2) is 6.04 Å². The van der Waals surface area contributed by atoms with Gasteiger partial charge in [-0.2, -0.15) is 0 Å². The molecule has 1 rings (SSSR count). The zero-order valence-corrected chi connectivity index (χ0v) is 26.3. The summed E-state index contributed by atoms with van der Waals surface area (Å²) in [5, 5.41) is 37.9. The van der Waals surface area contributed by atoms with Gasteiger partial charge in [0.05, 0.1) is 18.6 Å². The molecule has 45 heavy (non-hydrogen) atoms. The Bertz CT molecular complexity index is 1070. The summed E-state index contributed by atoms with van der Waals surface area (Å²) in [7, 11) is 0. The summed E-state index contributed by atoms with van der Waals surface area (Å²) < 4.78 is 0. The van der Waals surface area contributed by atoms with Crippen LogP contribution in [0.2, 0.25) is 0 Å². The number of carboxylic acid groups (broad SMARTS) is 2. The van der Waals surface area contributed by atoms with Gasteiger partial charge < -0.3 is 53.0 Å². The topological polar surface area (TPSA) is 284 Å². The molecule has 0 aromatic carbocycles. The summed E-state index contributed by atoms with van der Waals surface area (Å²) >= 11 is 0. The van der Waals surface area contributed by atoms with Gasteiger partial charge in [-0.05, 0) is 58.4 Å². The van der Waals surface area contributed by atoms with Crippen molar-refractivity contribution in [2.75, 3.05) is 13.1 Å². The van der Waals surface area contributed by atoms with E-state index in [1.54, 1.807) is 6.92 Å². The molecule has 1 heterocycles. The second-order valence-corrected chi connectivity index (χ2v) is 11.4. The fourth-order valence-electron chi connectivity index (χ4n) is 4.80. The Morgan fingerprint density at radius 3 is 2.00 bits per heavy atom. The van der Waals surface area contributed by atoms with Crippen molar-refractivity contribution in [2.24, 2.45) is 17.4 Å². The number of hydrogen-bond acceptors (Lipinski definition) is 10. The monoisotopic (exact) mass is 643 g/mol. The predicted octanol–water partition coefficient (Wildman–Crippen LogP) is -2.62. The molecule has 0 aromatic rings. The number of unbranched alkanes of at least 4 members (excludes halogenated alkanes) is 1. The van der Waals surface area contributed by atoms with Gasteiger partial charge in [-0.3, -0.25) is 28.8 Å². The van der Waals surface area contributed by atoms with Crippen molar-refractivity contribution < 1.29 is 48.9 Å². The third-order valence-electron chi connectivity index (χ3n) is 7.66. The second kappa shape index (κ2) is 18.9. The lowest BCUT2D eigenvalue weighted by Gasteiger charge is -2.31. The lowest BCUT2D eigenvalue weighted by Crippen LogP contribution is -2.60. The molecule has 1 aliphatic rings. The Morgan fingerprint density at radius 1 is 0.867 bits per heavy atom. The van der Waals surface area contributed by atoms with Crippen LogP contribution in [-0.2, 0) is 33.6 Å². The SMILES string of the molecule is CC[C@H](C)[C@H](NC(=O)[C@H](C)N)C(=O)N[C@@H](CCCCN)C(=O)N1CCC[C@H]1C(=O)N[C@@H](CC(=O)O)C(=O)N[C@H](C(=O)O)[C@@H](C)O. The number of amides is 5. The number of hydrogen-bond donors (Lipinski definition) is 9. The summed E-state index contributed by atoms with van der Waals surface area (Å²) in [6.45, 7) is 6.67. The van der Waals surface area contributed by atoms with Crippen LogP contribution in [0.5, 0.6) is 0 Å². The molecule has 256 valence electrons. The Balaban J connectivity index is 3.21. The lowest BCUT2D eigenvalue weighted by atomic mass is 9.97. The van der Waals surface area contributed by atoms with E-state index in [-0.39, 0.29) is 25.3 Å². The van der Waals surface area contributed by atoms with Gasteiger partial charge in [-0.25, -0.2) is 4.79 Å². The number of nitrogens with one attached hydrogen (secondary N) is 4. The molecule has 17 heteroatoms. The molecule has 8 atom stereocenters. The molecule has 5 amide bonds. The quantitative estimate of drug-likeness (QED) is 0.0654. The Labute approximate surface area is 262 Å². The number of aliphatic hydroxyl groups is 1. The largest absolute Gasteiger partial charge is 0.481 e. The lowest BCUT2D eigenvalue weighted by molar-refractivity contribution is -0.146. The van der Waals surface area contributed by atoms with E-state index in [1.165, 1.54) is 11.8 Å². The van der Waals surface area contributed by atoms with Crippen LogP contribution in [0, 0.1) is 5.92 Å². The van der Waals surface area contributed by atoms with E-state index in [2.05, 4.69) is 16.0 Å². The first kappa shape index (κ1) is 39.2. The van der Waals surface area contributed by atoms with E-state index in [9.17, 15) is 48.9 Å². The number of aliphatic carboxylic acids is 2. The van der Waals surface area contributed by atoms with Crippen LogP contribution in [0.1, 0.15) is 72.6 Å². The molecule has 0 unspecified atom stereocenters. The first-order chi connectivity index (χ1) is 21.0. The number of aliphatic hydroxyl groups excluding tert-OH is 1. The summed E-state index contributed by atoms with van der Waals surface area (Å²) in [5.74, 6) is -7.06. The molecule has 11 N–H and O–H groups in total. The molecule has 0 saturated carbocycles. The number of carboxylic acids is 2. The van der Waals surface area contributed by atoms with Crippen molar-refractivity contribution in [2.45, 2.75) is 115 Å². The third kappa shape index (κ3) is 12.2. The van der Waals surface area contributed by atoms with Crippen LogP contribution in [-0.4, -0.2) is 117 Å². The van der Waals surface area contributed by atoms with Crippen LogP contribution in [0.25, 0.3) is 0 Å². The van der Waals surface area contributed by atoms with Gasteiger partial charge in [-0.1, -0.05) is 20.3 Å². The summed E-state index contributed by atoms with van der Waals surface area (Å²) in [4.78, 5) is 89.7. The maximum absolute atomic E-state index is 13.8. The predicted molar refractivity (Wildman–Crippen MR) is 160 cm³/mol.